The molecule has 0 saturated carbocycles. The normalized spacial score (nSPS) is 4.45. The van der Waals surface area contributed by atoms with E-state index in [9.17, 15) is 0 Å². The van der Waals surface area contributed by atoms with Crippen LogP contribution in [0.5, 0.6) is 0 Å². The molecule has 9 heteroatoms. The molecule has 0 spiro atoms. The van der Waals surface area contributed by atoms with Crippen molar-refractivity contribution in [1.82, 2.24) is 0 Å². The van der Waals surface area contributed by atoms with E-state index < -0.39 is 11.1 Å². The first-order valence-electron chi connectivity index (χ1n) is 1.48. The summed E-state index contributed by atoms with van der Waals surface area (Å²) in [7, 11) is 0. The zero-order valence-electron chi connectivity index (χ0n) is 6.41. The third kappa shape index (κ3) is 955. The molecule has 6 nitrogen and oxygen atoms in total. The molecule has 0 saturated heterocycles. The number of nitrogens with zero attached hydrogens (tertiary/aromatic N) is 1. The number of hydrogen-bond donors (Lipinski definition) is 1. The number of halogens is 1. The van der Waals surface area contributed by atoms with Gasteiger partial charge in [0.25, 0.3) is 5.97 Å². The van der Waals surface area contributed by atoms with Gasteiger partial charge < -0.3 is 32.8 Å². The van der Waals surface area contributed by atoms with Gasteiger partial charge in [0, 0.05) is 6.92 Å². The first kappa shape index (κ1) is 29.7. The van der Waals surface area contributed by atoms with E-state index in [4.69, 9.17) is 25.2 Å². The zero-order valence-corrected chi connectivity index (χ0v) is 11.2. The zero-order chi connectivity index (χ0) is 7.15. The second kappa shape index (κ2) is 22.4. The number of carboxylic acids is 1. The second-order valence-electron chi connectivity index (χ2n) is 0.743. The predicted octanol–water partition coefficient (Wildman–Crippen LogP) is -9.14. The van der Waals surface area contributed by atoms with Crippen molar-refractivity contribution in [1.29, 1.82) is 0 Å². The Kier molecular flexibility index (Phi) is 60.5. The summed E-state index contributed by atoms with van der Waals surface area (Å²) in [6, 6.07) is 0. The molecule has 0 radical (unpaired) electrons. The molecule has 0 aliphatic rings. The van der Waals surface area contributed by atoms with Crippen molar-refractivity contribution in [2.24, 2.45) is 0 Å². The average molecular weight is 203 g/mol. The average Bonchev–Trinajstić information content (AvgIpc) is 1.25. The van der Waals surface area contributed by atoms with Gasteiger partial charge in [-0.05, 0) is 0 Å². The van der Waals surface area contributed by atoms with E-state index in [1.807, 2.05) is 0 Å². The van der Waals surface area contributed by atoms with Crippen LogP contribution >= 0.6 is 0 Å². The quantitative estimate of drug-likeness (QED) is 0.239. The van der Waals surface area contributed by atoms with E-state index in [1.165, 1.54) is 0 Å². The Morgan fingerprint density at radius 3 is 1.36 bits per heavy atom. The van der Waals surface area contributed by atoms with Gasteiger partial charge in [0.2, 0.25) is 0 Å². The van der Waals surface area contributed by atoms with Crippen LogP contribution in [0, 0.1) is 15.3 Å². The number of rotatable bonds is 0. The number of carbonyl (C=O) groups is 1. The smallest absolute Gasteiger partial charge is 1.00 e. The second-order valence-corrected chi connectivity index (χ2v) is 0.743. The molecule has 0 fully saturated rings. The van der Waals surface area contributed by atoms with Crippen molar-refractivity contribution in [2.45, 2.75) is 6.92 Å². The van der Waals surface area contributed by atoms with E-state index in [0.717, 1.165) is 6.92 Å². The molecule has 56 valence electrons. The van der Waals surface area contributed by atoms with Gasteiger partial charge in [0.1, 0.15) is 0 Å². The Balaban J connectivity index is -0.0000000171. The van der Waals surface area contributed by atoms with E-state index in [-0.39, 0.29) is 71.5 Å². The van der Waals surface area contributed by atoms with Gasteiger partial charge >= 0.3 is 59.1 Å². The fourth-order valence-electron chi connectivity index (χ4n) is 0. The Morgan fingerprint density at radius 1 is 1.36 bits per heavy atom. The van der Waals surface area contributed by atoms with Gasteiger partial charge in [-0.3, -0.25) is 4.79 Å². The Hall–Kier alpha value is 0.960. The standard InChI is InChI=1S/C2H4O2.ClH.NO3.2Na/c1-2(3)4;;2-1(3)4;;/h1H3,(H,3,4);1H;;;/q;;-1;2*+1/p-1. The number of hydrogen-bond acceptors (Lipinski definition) is 4. The van der Waals surface area contributed by atoms with Crippen LogP contribution in [0.2, 0.25) is 0 Å². The minimum atomic E-state index is -1.75. The van der Waals surface area contributed by atoms with E-state index in [1.54, 1.807) is 0 Å². The monoisotopic (exact) mass is 203 g/mol. The van der Waals surface area contributed by atoms with Gasteiger partial charge in [0.15, 0.2) is 0 Å². The number of aliphatic carboxylic acids is 1. The van der Waals surface area contributed by atoms with Gasteiger partial charge in [-0.2, -0.15) is 0 Å². The summed E-state index contributed by atoms with van der Waals surface area (Å²) in [5.74, 6) is -0.833. The first-order chi connectivity index (χ1) is 3.46. The van der Waals surface area contributed by atoms with E-state index in [2.05, 4.69) is 0 Å². The summed E-state index contributed by atoms with van der Waals surface area (Å²) >= 11 is 0. The van der Waals surface area contributed by atoms with Crippen LogP contribution in [0.25, 0.3) is 0 Å². The Bertz CT molecular complexity index is 80.5. The molecular weight excluding hydrogens is 199 g/mol. The maximum absolute atomic E-state index is 9.00. The summed E-state index contributed by atoms with van der Waals surface area (Å²) in [5, 5.41) is 22.2. The molecule has 1 N–H and O–H groups in total. The fraction of sp³-hybridized carbons (Fsp3) is 0.500. The van der Waals surface area contributed by atoms with Crippen molar-refractivity contribution < 1.29 is 86.5 Å². The van der Waals surface area contributed by atoms with Crippen LogP contribution in [-0.4, -0.2) is 16.2 Å². The molecule has 0 unspecified atom stereocenters. The fourth-order valence-corrected chi connectivity index (χ4v) is 0. The Labute approximate surface area is 113 Å². The van der Waals surface area contributed by atoms with Crippen molar-refractivity contribution >= 4 is 5.97 Å². The van der Waals surface area contributed by atoms with Gasteiger partial charge in [-0.1, -0.05) is 0 Å². The molecule has 0 aromatic heterocycles. The SMILES string of the molecule is CC(=O)O.O=[N+]([O-])[O-].[Cl-].[Na+].[Na+]. The first-order valence-corrected chi connectivity index (χ1v) is 1.48. The summed E-state index contributed by atoms with van der Waals surface area (Å²) in [5.41, 5.74) is 0. The van der Waals surface area contributed by atoms with Gasteiger partial charge in [-0.15, -0.1) is 0 Å². The molecule has 0 heterocycles. The summed E-state index contributed by atoms with van der Waals surface area (Å²) < 4.78 is 0. The minimum absolute atomic E-state index is 0. The van der Waals surface area contributed by atoms with Crippen LogP contribution in [0.3, 0.4) is 0 Å². The predicted molar refractivity (Wildman–Crippen MR) is 23.7 cm³/mol. The van der Waals surface area contributed by atoms with Crippen molar-refractivity contribution in [3.05, 3.63) is 15.3 Å². The molecule has 0 atom stereocenters. The van der Waals surface area contributed by atoms with E-state index in [0.29, 0.717) is 0 Å². The molecule has 0 aliphatic heterocycles. The summed E-state index contributed by atoms with van der Waals surface area (Å²) in [4.78, 5) is 17.2. The van der Waals surface area contributed by atoms with Crippen LogP contribution in [0.15, 0.2) is 0 Å². The maximum Gasteiger partial charge on any atom is 1.00 e. The van der Waals surface area contributed by atoms with Crippen LogP contribution < -0.4 is 71.5 Å². The molecule has 0 rings (SSSR count). The van der Waals surface area contributed by atoms with Crippen molar-refractivity contribution in [3.8, 4) is 0 Å². The maximum atomic E-state index is 9.00. The van der Waals surface area contributed by atoms with Gasteiger partial charge in [-0.25, -0.2) is 0 Å². The van der Waals surface area contributed by atoms with Crippen LogP contribution in [0.4, 0.5) is 0 Å². The molecule has 0 amide bonds. The number of carboxylic acid groups (broad SMARTS) is 1. The third-order valence-corrected chi connectivity index (χ3v) is 0. The Morgan fingerprint density at radius 2 is 1.36 bits per heavy atom. The van der Waals surface area contributed by atoms with Crippen molar-refractivity contribution in [2.75, 3.05) is 0 Å². The summed E-state index contributed by atoms with van der Waals surface area (Å²) in [6.07, 6.45) is 0. The molecule has 0 aromatic carbocycles. The van der Waals surface area contributed by atoms with E-state index >= 15 is 0 Å². The largest absolute Gasteiger partial charge is 1.00 e. The molecule has 0 bridgehead atoms. The van der Waals surface area contributed by atoms with Crippen LogP contribution in [-0.2, 0) is 4.79 Å². The van der Waals surface area contributed by atoms with Crippen LogP contribution in [0.1, 0.15) is 6.92 Å². The van der Waals surface area contributed by atoms with Crippen molar-refractivity contribution in [3.63, 3.8) is 0 Å². The molecule has 11 heavy (non-hydrogen) atoms. The summed E-state index contributed by atoms with van der Waals surface area (Å²) in [6.45, 7) is 1.08. The third-order valence-electron chi connectivity index (χ3n) is 0. The molecular formula is C2H4ClNNa2O5. The molecule has 0 aromatic rings. The minimum Gasteiger partial charge on any atom is -1.00 e. The topological polar surface area (TPSA) is 104 Å². The molecule has 0 aliphatic carbocycles. The van der Waals surface area contributed by atoms with Gasteiger partial charge in [0.05, 0.1) is 5.09 Å².